The molecule has 2 fully saturated rings. The zero-order valence-corrected chi connectivity index (χ0v) is 22.5. The van der Waals surface area contributed by atoms with Gasteiger partial charge in [-0.2, -0.15) is 0 Å². The molecule has 10 heteroatoms. The second kappa shape index (κ2) is 12.5. The van der Waals surface area contributed by atoms with E-state index in [1.165, 1.54) is 13.0 Å². The number of imide groups is 1. The number of imidazole rings is 1. The summed E-state index contributed by atoms with van der Waals surface area (Å²) in [6.45, 7) is 9.88. The number of carbonyl (C=O) groups excluding carboxylic acids is 3. The molecule has 0 bridgehead atoms. The van der Waals surface area contributed by atoms with Crippen molar-refractivity contribution in [1.82, 2.24) is 24.7 Å². The van der Waals surface area contributed by atoms with E-state index in [4.69, 9.17) is 9.47 Å². The molecule has 1 aromatic heterocycles. The van der Waals surface area contributed by atoms with Crippen LogP contribution in [0.3, 0.4) is 0 Å². The minimum absolute atomic E-state index is 0.00417. The number of carbonyl (C=O) groups is 3. The first-order valence-corrected chi connectivity index (χ1v) is 13.1. The highest BCUT2D eigenvalue weighted by Gasteiger charge is 2.38. The quantitative estimate of drug-likeness (QED) is 0.504. The van der Waals surface area contributed by atoms with Crippen LogP contribution in [0.4, 0.5) is 0 Å². The Morgan fingerprint density at radius 3 is 2.71 bits per heavy atom. The fourth-order valence-corrected chi connectivity index (χ4v) is 5.14. The van der Waals surface area contributed by atoms with E-state index in [0.29, 0.717) is 31.4 Å². The van der Waals surface area contributed by atoms with Gasteiger partial charge in [0.1, 0.15) is 12.2 Å². The molecule has 2 aliphatic rings. The lowest BCUT2D eigenvalue weighted by Gasteiger charge is -2.46. The molecule has 0 radical (unpaired) electrons. The van der Waals surface area contributed by atoms with Crippen molar-refractivity contribution in [2.24, 2.45) is 5.92 Å². The van der Waals surface area contributed by atoms with Crippen molar-refractivity contribution in [2.75, 3.05) is 26.3 Å². The Labute approximate surface area is 223 Å². The second-order valence-electron chi connectivity index (χ2n) is 10.0. The molecule has 0 aliphatic carbocycles. The van der Waals surface area contributed by atoms with Gasteiger partial charge in [-0.3, -0.25) is 24.2 Å². The summed E-state index contributed by atoms with van der Waals surface area (Å²) in [5.41, 5.74) is 1.68. The highest BCUT2D eigenvalue weighted by Crippen LogP contribution is 2.29. The smallest absolute Gasteiger partial charge is 0.277 e. The van der Waals surface area contributed by atoms with Gasteiger partial charge in [-0.25, -0.2) is 4.98 Å². The molecule has 1 N–H and O–H groups in total. The molecule has 3 unspecified atom stereocenters. The normalized spacial score (nSPS) is 22.7. The average molecular weight is 524 g/mol. The van der Waals surface area contributed by atoms with Gasteiger partial charge in [0, 0.05) is 19.7 Å². The second-order valence-corrected chi connectivity index (χ2v) is 10.0. The van der Waals surface area contributed by atoms with Crippen LogP contribution in [0.5, 0.6) is 0 Å². The van der Waals surface area contributed by atoms with Gasteiger partial charge in [-0.15, -0.1) is 0 Å². The lowest BCUT2D eigenvalue weighted by atomic mass is 9.96. The van der Waals surface area contributed by atoms with Gasteiger partial charge < -0.3 is 19.4 Å². The van der Waals surface area contributed by atoms with Crippen LogP contribution >= 0.6 is 0 Å². The van der Waals surface area contributed by atoms with Crippen molar-refractivity contribution >= 4 is 23.8 Å². The number of benzene rings is 1. The number of nitrogens with one attached hydrogen (secondary N) is 1. The Hall–Kier alpha value is -3.34. The first-order chi connectivity index (χ1) is 18.3. The molecule has 2 aliphatic heterocycles. The van der Waals surface area contributed by atoms with Gasteiger partial charge in [-0.05, 0) is 24.0 Å². The number of morpholine rings is 1. The summed E-state index contributed by atoms with van der Waals surface area (Å²) in [4.78, 5) is 44.3. The SMILES string of the molecule is CCC(N1CCOC(C(C)C)C1COCc1ccccc1)n1cnc(/C=C2\NC(=O)CN(C(C)=O)C2=O)c1. The maximum atomic E-state index is 12.7. The largest absolute Gasteiger partial charge is 0.375 e. The molecule has 2 saturated heterocycles. The number of rotatable bonds is 9. The number of nitrogens with zero attached hydrogens (tertiary/aromatic N) is 4. The molecule has 4 rings (SSSR count). The van der Waals surface area contributed by atoms with E-state index < -0.39 is 17.7 Å². The molecule has 1 aromatic carbocycles. The van der Waals surface area contributed by atoms with E-state index in [-0.39, 0.29) is 30.6 Å². The van der Waals surface area contributed by atoms with Crippen LogP contribution < -0.4 is 5.32 Å². The van der Waals surface area contributed by atoms with E-state index >= 15 is 0 Å². The Balaban J connectivity index is 1.53. The standard InChI is InChI=1S/C28H37N5O5/c1-5-26(31-14-22(29-18-31)13-23-28(36)33(20(4)34)15-25(35)30-23)32-11-12-38-27(19(2)3)24(32)17-37-16-21-9-7-6-8-10-21/h6-10,13-14,18-19,24,26-27H,5,11-12,15-17H2,1-4H3,(H,30,35)/b23-13-. The van der Waals surface area contributed by atoms with E-state index in [1.54, 1.807) is 6.33 Å². The van der Waals surface area contributed by atoms with Crippen molar-refractivity contribution in [3.8, 4) is 0 Å². The van der Waals surface area contributed by atoms with Crippen LogP contribution in [0.15, 0.2) is 48.6 Å². The van der Waals surface area contributed by atoms with Crippen molar-refractivity contribution in [2.45, 2.75) is 59.0 Å². The van der Waals surface area contributed by atoms with Crippen LogP contribution in [-0.4, -0.2) is 75.5 Å². The zero-order chi connectivity index (χ0) is 27.2. The number of amides is 3. The monoisotopic (exact) mass is 523 g/mol. The highest BCUT2D eigenvalue weighted by molar-refractivity contribution is 6.12. The summed E-state index contributed by atoms with van der Waals surface area (Å²) in [5, 5.41) is 2.56. The molecule has 0 saturated carbocycles. The summed E-state index contributed by atoms with van der Waals surface area (Å²) in [6, 6.07) is 10.2. The number of piperazine rings is 1. The molecule has 2 aromatic rings. The predicted octanol–water partition coefficient (Wildman–Crippen LogP) is 2.58. The van der Waals surface area contributed by atoms with E-state index in [0.717, 1.165) is 23.4 Å². The third-order valence-corrected chi connectivity index (χ3v) is 6.96. The van der Waals surface area contributed by atoms with Crippen molar-refractivity contribution in [1.29, 1.82) is 0 Å². The van der Waals surface area contributed by atoms with Crippen LogP contribution in [0.1, 0.15) is 51.5 Å². The molecule has 3 amide bonds. The fraction of sp³-hybridized carbons (Fsp3) is 0.500. The minimum atomic E-state index is -0.540. The summed E-state index contributed by atoms with van der Waals surface area (Å²) in [5.74, 6) is -1.11. The van der Waals surface area contributed by atoms with E-state index in [9.17, 15) is 14.4 Å². The molecule has 38 heavy (non-hydrogen) atoms. The van der Waals surface area contributed by atoms with Crippen molar-refractivity contribution in [3.05, 3.63) is 59.8 Å². The maximum Gasteiger partial charge on any atom is 0.277 e. The molecule has 204 valence electrons. The summed E-state index contributed by atoms with van der Waals surface area (Å²) < 4.78 is 14.4. The highest BCUT2D eigenvalue weighted by atomic mass is 16.5. The minimum Gasteiger partial charge on any atom is -0.375 e. The summed E-state index contributed by atoms with van der Waals surface area (Å²) >= 11 is 0. The van der Waals surface area contributed by atoms with Crippen LogP contribution in [-0.2, 0) is 30.5 Å². The van der Waals surface area contributed by atoms with Gasteiger partial charge >= 0.3 is 0 Å². The number of ether oxygens (including phenoxy) is 2. The first-order valence-electron chi connectivity index (χ1n) is 13.1. The van der Waals surface area contributed by atoms with Crippen molar-refractivity contribution < 1.29 is 23.9 Å². The fourth-order valence-electron chi connectivity index (χ4n) is 5.14. The molecule has 10 nitrogen and oxygen atoms in total. The Morgan fingerprint density at radius 1 is 1.26 bits per heavy atom. The van der Waals surface area contributed by atoms with Gasteiger partial charge in [0.2, 0.25) is 11.8 Å². The van der Waals surface area contributed by atoms with E-state index in [2.05, 4.69) is 48.1 Å². The van der Waals surface area contributed by atoms with Crippen LogP contribution in [0.2, 0.25) is 0 Å². The molecule has 3 heterocycles. The lowest BCUT2D eigenvalue weighted by Crippen LogP contribution is -2.57. The number of hydrogen-bond donors (Lipinski definition) is 1. The molecule has 3 atom stereocenters. The molecule has 0 spiro atoms. The predicted molar refractivity (Wildman–Crippen MR) is 141 cm³/mol. The van der Waals surface area contributed by atoms with Gasteiger partial charge in [0.05, 0.1) is 50.2 Å². The Kier molecular flexibility index (Phi) is 9.09. The van der Waals surface area contributed by atoms with Crippen LogP contribution in [0, 0.1) is 5.92 Å². The lowest BCUT2D eigenvalue weighted by molar-refractivity contribution is -0.147. The average Bonchev–Trinajstić information content (AvgIpc) is 3.35. The van der Waals surface area contributed by atoms with Gasteiger partial charge in [-0.1, -0.05) is 51.1 Å². The zero-order valence-electron chi connectivity index (χ0n) is 22.5. The Morgan fingerprint density at radius 2 is 2.03 bits per heavy atom. The molecular weight excluding hydrogens is 486 g/mol. The number of aromatic nitrogens is 2. The molecular formula is C28H37N5O5. The van der Waals surface area contributed by atoms with Crippen LogP contribution in [0.25, 0.3) is 6.08 Å². The maximum absolute atomic E-state index is 12.7. The first kappa shape index (κ1) is 27.7. The summed E-state index contributed by atoms with van der Waals surface area (Å²) in [6.07, 6.45) is 5.94. The summed E-state index contributed by atoms with van der Waals surface area (Å²) in [7, 11) is 0. The van der Waals surface area contributed by atoms with Gasteiger partial charge in [0.25, 0.3) is 5.91 Å². The topological polar surface area (TPSA) is 106 Å². The Bertz CT molecular complexity index is 1160. The van der Waals surface area contributed by atoms with E-state index in [1.807, 2.05) is 29.0 Å². The van der Waals surface area contributed by atoms with Crippen molar-refractivity contribution in [3.63, 3.8) is 0 Å². The number of hydrogen-bond acceptors (Lipinski definition) is 7. The third-order valence-electron chi connectivity index (χ3n) is 6.96. The third kappa shape index (κ3) is 6.38. The van der Waals surface area contributed by atoms with Gasteiger partial charge in [0.15, 0.2) is 0 Å².